The van der Waals surface area contributed by atoms with Crippen molar-refractivity contribution in [3.63, 3.8) is 0 Å². The summed E-state index contributed by atoms with van der Waals surface area (Å²) in [6.07, 6.45) is 3.35. The molecule has 5 heteroatoms. The first-order valence-electron chi connectivity index (χ1n) is 6.10. The fraction of sp³-hybridized carbons (Fsp3) is 0.538. The van der Waals surface area contributed by atoms with Crippen LogP contribution in [0.1, 0.15) is 23.2 Å². The minimum Gasteiger partial charge on any atom is -0.384 e. The lowest BCUT2D eigenvalue weighted by atomic mass is 9.98. The summed E-state index contributed by atoms with van der Waals surface area (Å²) in [5.41, 5.74) is 0.439. The van der Waals surface area contributed by atoms with E-state index in [2.05, 4.69) is 4.98 Å². The van der Waals surface area contributed by atoms with Gasteiger partial charge in [-0.1, -0.05) is 0 Å². The largest absolute Gasteiger partial charge is 0.384 e. The first kappa shape index (κ1) is 13.0. The number of halogens is 1. The normalized spacial score (nSPS) is 19.9. The highest BCUT2D eigenvalue weighted by molar-refractivity contribution is 5.93. The molecule has 0 saturated carbocycles. The van der Waals surface area contributed by atoms with Crippen LogP contribution >= 0.6 is 0 Å². The molecule has 1 unspecified atom stereocenters. The number of aromatic nitrogens is 1. The molecule has 0 N–H and O–H groups in total. The number of carbonyl (C=O) groups excluding carboxylic acids is 1. The summed E-state index contributed by atoms with van der Waals surface area (Å²) in [5, 5.41) is 0. The van der Waals surface area contributed by atoms with E-state index in [9.17, 15) is 9.18 Å². The molecular formula is C13H17FN2O2. The van der Waals surface area contributed by atoms with Gasteiger partial charge in [0.2, 0.25) is 5.95 Å². The molecule has 1 fully saturated rings. The number of methoxy groups -OCH3 is 1. The quantitative estimate of drug-likeness (QED) is 0.769. The van der Waals surface area contributed by atoms with E-state index in [0.717, 1.165) is 19.4 Å². The lowest BCUT2D eigenvalue weighted by molar-refractivity contribution is 0.0570. The predicted molar refractivity (Wildman–Crippen MR) is 64.7 cm³/mol. The molecular weight excluding hydrogens is 235 g/mol. The van der Waals surface area contributed by atoms with Gasteiger partial charge in [-0.3, -0.25) is 4.79 Å². The summed E-state index contributed by atoms with van der Waals surface area (Å²) in [4.78, 5) is 17.5. The van der Waals surface area contributed by atoms with Gasteiger partial charge in [0, 0.05) is 26.4 Å². The van der Waals surface area contributed by atoms with Crippen LogP contribution in [0.4, 0.5) is 4.39 Å². The van der Waals surface area contributed by atoms with Crippen LogP contribution in [0.25, 0.3) is 0 Å². The zero-order valence-corrected chi connectivity index (χ0v) is 10.4. The molecule has 18 heavy (non-hydrogen) atoms. The van der Waals surface area contributed by atoms with Gasteiger partial charge in [-0.2, -0.15) is 4.39 Å². The Bertz CT molecular complexity index is 406. The van der Waals surface area contributed by atoms with Crippen LogP contribution in [0, 0.1) is 11.9 Å². The lowest BCUT2D eigenvalue weighted by Crippen LogP contribution is -2.41. The average Bonchev–Trinajstić information content (AvgIpc) is 2.39. The summed E-state index contributed by atoms with van der Waals surface area (Å²) in [6, 6.07) is 2.69. The van der Waals surface area contributed by atoms with Crippen molar-refractivity contribution in [3.8, 4) is 0 Å². The molecule has 2 heterocycles. The van der Waals surface area contributed by atoms with Gasteiger partial charge in [0.05, 0.1) is 12.2 Å². The van der Waals surface area contributed by atoms with Gasteiger partial charge in [-0.05, 0) is 30.9 Å². The van der Waals surface area contributed by atoms with Gasteiger partial charge in [0.15, 0.2) is 0 Å². The minimum absolute atomic E-state index is 0.0803. The van der Waals surface area contributed by atoms with Crippen molar-refractivity contribution in [3.05, 3.63) is 29.8 Å². The fourth-order valence-electron chi connectivity index (χ4n) is 2.31. The number of pyridine rings is 1. The third kappa shape index (κ3) is 3.04. The minimum atomic E-state index is -0.567. The summed E-state index contributed by atoms with van der Waals surface area (Å²) < 4.78 is 17.8. The van der Waals surface area contributed by atoms with Gasteiger partial charge < -0.3 is 9.64 Å². The van der Waals surface area contributed by atoms with Crippen LogP contribution in [0.15, 0.2) is 18.3 Å². The van der Waals surface area contributed by atoms with Gasteiger partial charge in [0.25, 0.3) is 5.91 Å². The molecule has 0 aliphatic carbocycles. The van der Waals surface area contributed by atoms with Crippen LogP contribution in [0.3, 0.4) is 0 Å². The molecule has 0 aromatic carbocycles. The SMILES string of the molecule is COCC1CCCN(C(=O)c2ccc(F)nc2)C1. The van der Waals surface area contributed by atoms with Crippen LogP contribution < -0.4 is 0 Å². The molecule has 1 saturated heterocycles. The molecule has 0 radical (unpaired) electrons. The topological polar surface area (TPSA) is 42.4 Å². The van der Waals surface area contributed by atoms with Crippen LogP contribution in [0.5, 0.6) is 0 Å². The number of amides is 1. The number of carbonyl (C=O) groups is 1. The number of hydrogen-bond acceptors (Lipinski definition) is 3. The number of ether oxygens (including phenoxy) is 1. The summed E-state index contributed by atoms with van der Waals surface area (Å²) in [7, 11) is 1.67. The lowest BCUT2D eigenvalue weighted by Gasteiger charge is -2.32. The first-order valence-corrected chi connectivity index (χ1v) is 6.10. The van der Waals surface area contributed by atoms with Gasteiger partial charge in [-0.25, -0.2) is 4.98 Å². The molecule has 0 spiro atoms. The van der Waals surface area contributed by atoms with E-state index in [1.165, 1.54) is 18.3 Å². The van der Waals surface area contributed by atoms with Gasteiger partial charge in [-0.15, -0.1) is 0 Å². The molecule has 1 amide bonds. The van der Waals surface area contributed by atoms with E-state index in [1.807, 2.05) is 0 Å². The second-order valence-electron chi connectivity index (χ2n) is 4.58. The second kappa shape index (κ2) is 5.91. The maximum atomic E-state index is 12.7. The Balaban J connectivity index is 2.02. The summed E-state index contributed by atoms with van der Waals surface area (Å²) in [5.74, 6) is -0.258. The highest BCUT2D eigenvalue weighted by Crippen LogP contribution is 2.18. The number of hydrogen-bond donors (Lipinski definition) is 0. The van der Waals surface area contributed by atoms with Crippen molar-refractivity contribution < 1.29 is 13.9 Å². The number of likely N-dealkylation sites (tertiary alicyclic amines) is 1. The molecule has 1 aromatic heterocycles. The van der Waals surface area contributed by atoms with Crippen molar-refractivity contribution in [2.24, 2.45) is 5.92 Å². The van der Waals surface area contributed by atoms with Crippen molar-refractivity contribution in [2.75, 3.05) is 26.8 Å². The summed E-state index contributed by atoms with van der Waals surface area (Å²) >= 11 is 0. The maximum Gasteiger partial charge on any atom is 0.255 e. The van der Waals surface area contributed by atoms with Crippen molar-refractivity contribution in [1.29, 1.82) is 0 Å². The van der Waals surface area contributed by atoms with Gasteiger partial charge in [0.1, 0.15) is 0 Å². The van der Waals surface area contributed by atoms with Crippen LogP contribution in [-0.2, 0) is 4.74 Å². The maximum absolute atomic E-state index is 12.7. The van der Waals surface area contributed by atoms with Crippen molar-refractivity contribution >= 4 is 5.91 Å². The van der Waals surface area contributed by atoms with Crippen molar-refractivity contribution in [1.82, 2.24) is 9.88 Å². The molecule has 1 atom stereocenters. The second-order valence-corrected chi connectivity index (χ2v) is 4.58. The Morgan fingerprint density at radius 3 is 3.11 bits per heavy atom. The number of nitrogens with zero attached hydrogens (tertiary/aromatic N) is 2. The molecule has 98 valence electrons. The fourth-order valence-corrected chi connectivity index (χ4v) is 2.31. The van der Waals surface area contributed by atoms with E-state index >= 15 is 0 Å². The molecule has 4 nitrogen and oxygen atoms in total. The summed E-state index contributed by atoms with van der Waals surface area (Å²) in [6.45, 7) is 2.12. The average molecular weight is 252 g/mol. The Morgan fingerprint density at radius 1 is 1.61 bits per heavy atom. The van der Waals surface area contributed by atoms with E-state index in [-0.39, 0.29) is 5.91 Å². The predicted octanol–water partition coefficient (Wildman–Crippen LogP) is 1.72. The molecule has 1 aliphatic rings. The van der Waals surface area contributed by atoms with E-state index in [4.69, 9.17) is 4.74 Å². The number of piperidine rings is 1. The van der Waals surface area contributed by atoms with E-state index in [1.54, 1.807) is 12.0 Å². The zero-order valence-electron chi connectivity index (χ0n) is 10.4. The molecule has 1 aromatic rings. The Hall–Kier alpha value is -1.49. The zero-order chi connectivity index (χ0) is 13.0. The number of rotatable bonds is 3. The van der Waals surface area contributed by atoms with E-state index in [0.29, 0.717) is 24.6 Å². The van der Waals surface area contributed by atoms with E-state index < -0.39 is 5.95 Å². The smallest absolute Gasteiger partial charge is 0.255 e. The molecule has 2 rings (SSSR count). The van der Waals surface area contributed by atoms with Crippen molar-refractivity contribution in [2.45, 2.75) is 12.8 Å². The Labute approximate surface area is 106 Å². The highest BCUT2D eigenvalue weighted by Gasteiger charge is 2.24. The third-order valence-corrected chi connectivity index (χ3v) is 3.18. The first-order chi connectivity index (χ1) is 8.70. The van der Waals surface area contributed by atoms with Gasteiger partial charge >= 0.3 is 0 Å². The monoisotopic (exact) mass is 252 g/mol. The highest BCUT2D eigenvalue weighted by atomic mass is 19.1. The Morgan fingerprint density at radius 2 is 2.44 bits per heavy atom. The molecule has 1 aliphatic heterocycles. The third-order valence-electron chi connectivity index (χ3n) is 3.18. The van der Waals surface area contributed by atoms with Crippen LogP contribution in [0.2, 0.25) is 0 Å². The standard InChI is InChI=1S/C13H17FN2O2/c1-18-9-10-3-2-6-16(8-10)13(17)11-4-5-12(14)15-7-11/h4-5,7,10H,2-3,6,8-9H2,1H3. The molecule has 0 bridgehead atoms. The van der Waals surface area contributed by atoms with Crippen LogP contribution in [-0.4, -0.2) is 42.6 Å². The Kier molecular flexibility index (Phi) is 4.25.